The first-order valence-corrected chi connectivity index (χ1v) is 10.8. The molecule has 0 saturated heterocycles. The molecule has 0 radical (unpaired) electrons. The predicted molar refractivity (Wildman–Crippen MR) is 127 cm³/mol. The summed E-state index contributed by atoms with van der Waals surface area (Å²) in [5, 5.41) is 20.6. The van der Waals surface area contributed by atoms with Gasteiger partial charge in [-0.1, -0.05) is 19.1 Å². The number of ether oxygens (including phenoxy) is 2. The summed E-state index contributed by atoms with van der Waals surface area (Å²) < 4.78 is 11.4. The maximum Gasteiger partial charge on any atom is 0.130 e. The summed E-state index contributed by atoms with van der Waals surface area (Å²) in [6.45, 7) is 4.34. The van der Waals surface area contributed by atoms with E-state index in [1.165, 1.54) is 6.21 Å². The lowest BCUT2D eigenvalue weighted by atomic mass is 10.0. The van der Waals surface area contributed by atoms with Gasteiger partial charge in [-0.25, -0.2) is 4.98 Å². The second-order valence-corrected chi connectivity index (χ2v) is 7.29. The molecular weight excluding hydrogens is 404 g/mol. The minimum atomic E-state index is -0.145. The van der Waals surface area contributed by atoms with Crippen molar-refractivity contribution in [3.8, 4) is 17.0 Å². The number of anilines is 2. The topological polar surface area (TPSA) is 100 Å². The summed E-state index contributed by atoms with van der Waals surface area (Å²) in [5.41, 5.74) is 4.49. The molecule has 7 nitrogen and oxygen atoms in total. The van der Waals surface area contributed by atoms with Crippen LogP contribution in [0.5, 0.6) is 5.75 Å². The number of nitrogens with one attached hydrogen (secondary N) is 2. The van der Waals surface area contributed by atoms with Crippen molar-refractivity contribution in [1.29, 1.82) is 5.41 Å². The molecule has 3 aromatic rings. The molecule has 0 aliphatic rings. The molecule has 0 spiro atoms. The van der Waals surface area contributed by atoms with E-state index >= 15 is 0 Å². The molecule has 0 aliphatic heterocycles. The highest BCUT2D eigenvalue weighted by Gasteiger charge is 2.15. The Balaban J connectivity index is 2.04. The Morgan fingerprint density at radius 1 is 1.09 bits per heavy atom. The number of hydrogen-bond donors (Lipinski definition) is 3. The van der Waals surface area contributed by atoms with Gasteiger partial charge in [0, 0.05) is 31.0 Å². The minimum Gasteiger partial charge on any atom is -0.493 e. The fraction of sp³-hybridized carbons (Fsp3) is 0.320. The van der Waals surface area contributed by atoms with Gasteiger partial charge in [-0.2, -0.15) is 0 Å². The fourth-order valence-corrected chi connectivity index (χ4v) is 3.46. The molecule has 1 atom stereocenters. The summed E-state index contributed by atoms with van der Waals surface area (Å²) in [7, 11) is 1.72. The Labute approximate surface area is 189 Å². The molecule has 0 bridgehead atoms. The Morgan fingerprint density at radius 3 is 2.56 bits per heavy atom. The van der Waals surface area contributed by atoms with Crippen molar-refractivity contribution in [2.45, 2.75) is 39.4 Å². The number of nitrogens with zero attached hydrogens (tertiary/aromatic N) is 2. The van der Waals surface area contributed by atoms with E-state index in [1.54, 1.807) is 13.2 Å². The molecule has 0 amide bonds. The van der Waals surface area contributed by atoms with Crippen molar-refractivity contribution in [2.24, 2.45) is 0 Å². The predicted octanol–water partition coefficient (Wildman–Crippen LogP) is 4.74. The molecule has 7 heteroatoms. The Morgan fingerprint density at radius 2 is 1.88 bits per heavy atom. The molecule has 0 aliphatic carbocycles. The number of aliphatic hydroxyl groups excluding tert-OH is 1. The van der Waals surface area contributed by atoms with Gasteiger partial charge in [0.05, 0.1) is 42.0 Å². The van der Waals surface area contributed by atoms with Gasteiger partial charge in [-0.15, -0.1) is 0 Å². The number of benzene rings is 1. The van der Waals surface area contributed by atoms with Gasteiger partial charge in [0.25, 0.3) is 0 Å². The third-order valence-electron chi connectivity index (χ3n) is 5.15. The maximum absolute atomic E-state index is 9.40. The molecule has 3 N–H and O–H groups in total. The van der Waals surface area contributed by atoms with Crippen molar-refractivity contribution in [1.82, 2.24) is 9.97 Å². The van der Waals surface area contributed by atoms with Crippen LogP contribution >= 0.6 is 0 Å². The van der Waals surface area contributed by atoms with Crippen molar-refractivity contribution in [2.75, 3.05) is 19.0 Å². The van der Waals surface area contributed by atoms with E-state index in [-0.39, 0.29) is 12.7 Å². The lowest BCUT2D eigenvalue weighted by Gasteiger charge is -2.17. The molecule has 2 heterocycles. The summed E-state index contributed by atoms with van der Waals surface area (Å²) in [4.78, 5) is 9.24. The number of aromatic nitrogens is 2. The van der Waals surface area contributed by atoms with Gasteiger partial charge in [0.2, 0.25) is 0 Å². The van der Waals surface area contributed by atoms with E-state index in [4.69, 9.17) is 19.9 Å². The maximum atomic E-state index is 9.40. The minimum absolute atomic E-state index is 0.124. The van der Waals surface area contributed by atoms with Crippen LogP contribution in [0.1, 0.15) is 37.2 Å². The SMILES string of the molecule is CCOc1cc(-c2cccc(CC(CC)OC)n2)cc(Nc2cccc(CO)n2)c1C=N. The van der Waals surface area contributed by atoms with Gasteiger partial charge >= 0.3 is 0 Å². The largest absolute Gasteiger partial charge is 0.493 e. The van der Waals surface area contributed by atoms with Crippen LogP contribution in [0.25, 0.3) is 11.3 Å². The molecule has 0 saturated carbocycles. The third kappa shape index (κ3) is 5.69. The first kappa shape index (κ1) is 23.4. The lowest BCUT2D eigenvalue weighted by molar-refractivity contribution is 0.0990. The molecular formula is C25H30N4O3. The van der Waals surface area contributed by atoms with Gasteiger partial charge in [-0.05, 0) is 49.7 Å². The standard InChI is InChI=1S/C25H30N4O3/c1-4-20(31-3)14-18-8-6-10-22(27-18)17-12-23(21(15-26)24(13-17)32-5-2)29-25-11-7-9-19(16-30)28-25/h6-13,15,20,26,30H,4-5,14,16H2,1-3H3,(H,28,29). The van der Waals surface area contributed by atoms with Crippen LogP contribution in [0.15, 0.2) is 48.5 Å². The van der Waals surface area contributed by atoms with E-state index < -0.39 is 0 Å². The highest BCUT2D eigenvalue weighted by Crippen LogP contribution is 2.34. The number of methoxy groups -OCH3 is 1. The van der Waals surface area contributed by atoms with Crippen LogP contribution in [-0.4, -0.2) is 41.1 Å². The van der Waals surface area contributed by atoms with E-state index in [9.17, 15) is 5.11 Å². The monoisotopic (exact) mass is 434 g/mol. The molecule has 1 aromatic carbocycles. The summed E-state index contributed by atoms with van der Waals surface area (Å²) in [5.74, 6) is 1.17. The average Bonchev–Trinajstić information content (AvgIpc) is 2.83. The second kappa shape index (κ2) is 11.4. The molecule has 1 unspecified atom stereocenters. The van der Waals surface area contributed by atoms with Gasteiger partial charge < -0.3 is 25.3 Å². The first-order chi connectivity index (χ1) is 15.6. The van der Waals surface area contributed by atoms with E-state index in [2.05, 4.69) is 17.2 Å². The van der Waals surface area contributed by atoms with Gasteiger partial charge in [0.1, 0.15) is 11.6 Å². The van der Waals surface area contributed by atoms with Crippen LogP contribution in [-0.2, 0) is 17.8 Å². The van der Waals surface area contributed by atoms with Crippen molar-refractivity contribution in [3.63, 3.8) is 0 Å². The second-order valence-electron chi connectivity index (χ2n) is 7.29. The van der Waals surface area contributed by atoms with Crippen molar-refractivity contribution < 1.29 is 14.6 Å². The Kier molecular flexibility index (Phi) is 8.30. The average molecular weight is 435 g/mol. The number of rotatable bonds is 11. The van der Waals surface area contributed by atoms with Crippen molar-refractivity contribution in [3.05, 3.63) is 65.5 Å². The quantitative estimate of drug-likeness (QED) is 0.377. The van der Waals surface area contributed by atoms with E-state index in [1.807, 2.05) is 49.4 Å². The summed E-state index contributed by atoms with van der Waals surface area (Å²) in [6.07, 6.45) is 3.04. The highest BCUT2D eigenvalue weighted by atomic mass is 16.5. The van der Waals surface area contributed by atoms with E-state index in [0.717, 1.165) is 29.8 Å². The highest BCUT2D eigenvalue weighted by molar-refractivity contribution is 5.93. The third-order valence-corrected chi connectivity index (χ3v) is 5.15. The van der Waals surface area contributed by atoms with Crippen LogP contribution in [0.4, 0.5) is 11.5 Å². The molecule has 3 rings (SSSR count). The molecule has 168 valence electrons. The van der Waals surface area contributed by atoms with Crippen LogP contribution in [0.2, 0.25) is 0 Å². The van der Waals surface area contributed by atoms with Crippen LogP contribution in [0, 0.1) is 5.41 Å². The van der Waals surface area contributed by atoms with Gasteiger partial charge in [0.15, 0.2) is 0 Å². The van der Waals surface area contributed by atoms with E-state index in [0.29, 0.717) is 35.1 Å². The zero-order valence-corrected chi connectivity index (χ0v) is 18.8. The first-order valence-electron chi connectivity index (χ1n) is 10.8. The van der Waals surface area contributed by atoms with Gasteiger partial charge in [-0.3, -0.25) is 4.98 Å². The lowest BCUT2D eigenvalue weighted by Crippen LogP contribution is -2.13. The smallest absolute Gasteiger partial charge is 0.130 e. The summed E-state index contributed by atoms with van der Waals surface area (Å²) in [6, 6.07) is 15.2. The number of aliphatic hydroxyl groups is 1. The van der Waals surface area contributed by atoms with Crippen LogP contribution < -0.4 is 10.1 Å². The summed E-state index contributed by atoms with van der Waals surface area (Å²) >= 11 is 0. The number of hydrogen-bond acceptors (Lipinski definition) is 7. The molecule has 0 fully saturated rings. The number of pyridine rings is 2. The fourth-order valence-electron chi connectivity index (χ4n) is 3.46. The normalized spacial score (nSPS) is 11.8. The molecule has 32 heavy (non-hydrogen) atoms. The zero-order valence-electron chi connectivity index (χ0n) is 18.8. The van der Waals surface area contributed by atoms with Crippen molar-refractivity contribution >= 4 is 17.7 Å². The molecule has 2 aromatic heterocycles. The Hall–Kier alpha value is -3.29. The zero-order chi connectivity index (χ0) is 22.9. The van der Waals surface area contributed by atoms with Crippen LogP contribution in [0.3, 0.4) is 0 Å². The Bertz CT molecular complexity index is 1050.